The van der Waals surface area contributed by atoms with Crippen molar-refractivity contribution in [3.8, 4) is 0 Å². The van der Waals surface area contributed by atoms with Crippen molar-refractivity contribution in [2.45, 2.75) is 31.8 Å². The SMILES string of the molecule is C[C@H](NC1CCc2sc(Cl)cc21)c1ccncc1. The smallest absolute Gasteiger partial charge is 0.0934 e. The number of rotatable bonds is 3. The molecule has 0 fully saturated rings. The third-order valence-electron chi connectivity index (χ3n) is 3.50. The van der Waals surface area contributed by atoms with Crippen molar-refractivity contribution in [3.63, 3.8) is 0 Å². The minimum absolute atomic E-state index is 0.336. The summed E-state index contributed by atoms with van der Waals surface area (Å²) in [6.07, 6.45) is 6.01. The van der Waals surface area contributed by atoms with Gasteiger partial charge in [0.15, 0.2) is 0 Å². The lowest BCUT2D eigenvalue weighted by atomic mass is 10.1. The third kappa shape index (κ3) is 2.30. The molecule has 2 aromatic rings. The van der Waals surface area contributed by atoms with Crippen molar-refractivity contribution in [2.75, 3.05) is 0 Å². The third-order valence-corrected chi connectivity index (χ3v) is 4.84. The van der Waals surface area contributed by atoms with E-state index in [1.54, 1.807) is 11.3 Å². The highest BCUT2D eigenvalue weighted by Gasteiger charge is 2.26. The average Bonchev–Trinajstić information content (AvgIpc) is 2.91. The normalized spacial score (nSPS) is 19.8. The maximum atomic E-state index is 6.08. The highest BCUT2D eigenvalue weighted by Crippen LogP contribution is 2.40. The van der Waals surface area contributed by atoms with E-state index < -0.39 is 0 Å². The largest absolute Gasteiger partial charge is 0.303 e. The summed E-state index contributed by atoms with van der Waals surface area (Å²) in [5.74, 6) is 0. The maximum absolute atomic E-state index is 6.08. The first-order valence-electron chi connectivity index (χ1n) is 6.18. The molecule has 4 heteroatoms. The summed E-state index contributed by atoms with van der Waals surface area (Å²) in [4.78, 5) is 5.50. The van der Waals surface area contributed by atoms with Gasteiger partial charge in [0.2, 0.25) is 0 Å². The summed E-state index contributed by atoms with van der Waals surface area (Å²) in [6, 6.07) is 7.02. The summed E-state index contributed by atoms with van der Waals surface area (Å²) >= 11 is 7.80. The Labute approximate surface area is 116 Å². The number of nitrogens with zero attached hydrogens (tertiary/aromatic N) is 1. The Morgan fingerprint density at radius 3 is 3.00 bits per heavy atom. The molecule has 94 valence electrons. The van der Waals surface area contributed by atoms with E-state index in [0.717, 1.165) is 10.8 Å². The Balaban J connectivity index is 1.75. The van der Waals surface area contributed by atoms with Crippen molar-refractivity contribution in [1.29, 1.82) is 0 Å². The molecule has 1 N–H and O–H groups in total. The van der Waals surface area contributed by atoms with Crippen molar-refractivity contribution >= 4 is 22.9 Å². The first kappa shape index (κ1) is 12.2. The maximum Gasteiger partial charge on any atom is 0.0934 e. The Morgan fingerprint density at radius 1 is 1.44 bits per heavy atom. The van der Waals surface area contributed by atoms with E-state index in [4.69, 9.17) is 11.6 Å². The second-order valence-corrected chi connectivity index (χ2v) is 6.46. The quantitative estimate of drug-likeness (QED) is 0.913. The van der Waals surface area contributed by atoms with Gasteiger partial charge in [-0.2, -0.15) is 0 Å². The zero-order chi connectivity index (χ0) is 12.5. The van der Waals surface area contributed by atoms with Crippen LogP contribution < -0.4 is 5.32 Å². The lowest BCUT2D eigenvalue weighted by molar-refractivity contribution is 0.465. The van der Waals surface area contributed by atoms with E-state index in [1.807, 2.05) is 12.4 Å². The fourth-order valence-corrected chi connectivity index (χ4v) is 3.91. The molecule has 0 amide bonds. The van der Waals surface area contributed by atoms with Crippen LogP contribution in [0.25, 0.3) is 0 Å². The zero-order valence-electron chi connectivity index (χ0n) is 10.2. The monoisotopic (exact) mass is 278 g/mol. The highest BCUT2D eigenvalue weighted by molar-refractivity contribution is 7.16. The van der Waals surface area contributed by atoms with E-state index in [0.29, 0.717) is 12.1 Å². The molecule has 2 atom stereocenters. The van der Waals surface area contributed by atoms with E-state index in [1.165, 1.54) is 22.4 Å². The van der Waals surface area contributed by atoms with Crippen molar-refractivity contribution in [1.82, 2.24) is 10.3 Å². The number of aryl methyl sites for hydroxylation is 1. The van der Waals surface area contributed by atoms with Crippen LogP contribution in [0.3, 0.4) is 0 Å². The number of thiophene rings is 1. The van der Waals surface area contributed by atoms with Crippen LogP contribution in [0.5, 0.6) is 0 Å². The van der Waals surface area contributed by atoms with Crippen LogP contribution in [-0.2, 0) is 6.42 Å². The minimum Gasteiger partial charge on any atom is -0.303 e. The topological polar surface area (TPSA) is 24.9 Å². The minimum atomic E-state index is 0.336. The van der Waals surface area contributed by atoms with Crippen LogP contribution in [0, 0.1) is 0 Å². The van der Waals surface area contributed by atoms with Gasteiger partial charge in [-0.15, -0.1) is 11.3 Å². The fourth-order valence-electron chi connectivity index (χ4n) is 2.55. The summed E-state index contributed by atoms with van der Waals surface area (Å²) in [7, 11) is 0. The molecule has 0 spiro atoms. The van der Waals surface area contributed by atoms with Crippen LogP contribution in [0.15, 0.2) is 30.6 Å². The predicted molar refractivity (Wildman–Crippen MR) is 76.2 cm³/mol. The van der Waals surface area contributed by atoms with Crippen molar-refractivity contribution in [3.05, 3.63) is 50.9 Å². The van der Waals surface area contributed by atoms with Crippen LogP contribution in [-0.4, -0.2) is 4.98 Å². The second kappa shape index (κ2) is 5.00. The lowest BCUT2D eigenvalue weighted by Gasteiger charge is -2.20. The molecule has 2 heterocycles. The van der Waals surface area contributed by atoms with Gasteiger partial charge < -0.3 is 5.32 Å². The first-order valence-corrected chi connectivity index (χ1v) is 7.37. The van der Waals surface area contributed by atoms with Crippen LogP contribution in [0.2, 0.25) is 4.34 Å². The van der Waals surface area contributed by atoms with Gasteiger partial charge in [-0.3, -0.25) is 4.98 Å². The molecular formula is C14H15ClN2S. The number of nitrogens with one attached hydrogen (secondary N) is 1. The Morgan fingerprint density at radius 2 is 2.22 bits per heavy atom. The molecule has 1 unspecified atom stereocenters. The molecule has 0 bridgehead atoms. The molecule has 2 nitrogen and oxygen atoms in total. The lowest BCUT2D eigenvalue weighted by Crippen LogP contribution is -2.22. The Hall–Kier alpha value is -0.900. The molecule has 18 heavy (non-hydrogen) atoms. The van der Waals surface area contributed by atoms with Gasteiger partial charge in [0.25, 0.3) is 0 Å². The number of aromatic nitrogens is 1. The van der Waals surface area contributed by atoms with Gasteiger partial charge in [0, 0.05) is 29.4 Å². The molecule has 0 radical (unpaired) electrons. The van der Waals surface area contributed by atoms with Crippen LogP contribution in [0.4, 0.5) is 0 Å². The standard InChI is InChI=1S/C14H15ClN2S/c1-9(10-4-6-16-7-5-10)17-12-2-3-13-11(12)8-14(15)18-13/h4-9,12,17H,2-3H2,1H3/t9-,12?/m0/s1. The Kier molecular flexibility index (Phi) is 3.37. The molecule has 0 saturated heterocycles. The molecule has 0 aromatic carbocycles. The van der Waals surface area contributed by atoms with Gasteiger partial charge in [-0.05, 0) is 49.1 Å². The van der Waals surface area contributed by atoms with Gasteiger partial charge >= 0.3 is 0 Å². The van der Waals surface area contributed by atoms with Gasteiger partial charge in [-0.25, -0.2) is 0 Å². The van der Waals surface area contributed by atoms with Crippen LogP contribution >= 0.6 is 22.9 Å². The molecule has 1 aliphatic rings. The number of halogens is 1. The van der Waals surface area contributed by atoms with Gasteiger partial charge in [0.05, 0.1) is 4.34 Å². The number of hydrogen-bond donors (Lipinski definition) is 1. The summed E-state index contributed by atoms with van der Waals surface area (Å²) in [5, 5.41) is 3.68. The van der Waals surface area contributed by atoms with Crippen molar-refractivity contribution < 1.29 is 0 Å². The molecule has 0 saturated carbocycles. The molecular weight excluding hydrogens is 264 g/mol. The number of hydrogen-bond acceptors (Lipinski definition) is 3. The first-order chi connectivity index (χ1) is 8.74. The van der Waals surface area contributed by atoms with Gasteiger partial charge in [0.1, 0.15) is 0 Å². The predicted octanol–water partition coefficient (Wildman–Crippen LogP) is 4.13. The van der Waals surface area contributed by atoms with Crippen LogP contribution in [0.1, 0.15) is 41.4 Å². The summed E-state index contributed by atoms with van der Waals surface area (Å²) in [6.45, 7) is 2.20. The number of fused-ring (bicyclic) bond motifs is 1. The molecule has 1 aliphatic carbocycles. The Bertz CT molecular complexity index is 538. The van der Waals surface area contributed by atoms with E-state index in [-0.39, 0.29) is 0 Å². The van der Waals surface area contributed by atoms with Gasteiger partial charge in [-0.1, -0.05) is 11.6 Å². The molecule has 3 rings (SSSR count). The molecule has 0 aliphatic heterocycles. The number of pyridine rings is 1. The second-order valence-electron chi connectivity index (χ2n) is 4.69. The zero-order valence-corrected chi connectivity index (χ0v) is 11.8. The average molecular weight is 279 g/mol. The van der Waals surface area contributed by atoms with Crippen molar-refractivity contribution in [2.24, 2.45) is 0 Å². The van der Waals surface area contributed by atoms with E-state index in [9.17, 15) is 0 Å². The molecule has 2 aromatic heterocycles. The van der Waals surface area contributed by atoms with E-state index >= 15 is 0 Å². The van der Waals surface area contributed by atoms with E-state index in [2.05, 4.69) is 35.4 Å². The summed E-state index contributed by atoms with van der Waals surface area (Å²) in [5.41, 5.74) is 2.67. The highest BCUT2D eigenvalue weighted by atomic mass is 35.5. The fraction of sp³-hybridized carbons (Fsp3) is 0.357. The summed E-state index contributed by atoms with van der Waals surface area (Å²) < 4.78 is 0.906.